The van der Waals surface area contributed by atoms with Crippen LogP contribution in [-0.2, 0) is 14.4 Å². The molecule has 3 rings (SSSR count). The van der Waals surface area contributed by atoms with Gasteiger partial charge in [-0.1, -0.05) is 52.2 Å². The first-order chi connectivity index (χ1) is 13.3. The maximum absolute atomic E-state index is 13.3. The van der Waals surface area contributed by atoms with Gasteiger partial charge in [0.25, 0.3) is 5.91 Å². The largest absolute Gasteiger partial charge is 0.364 e. The minimum Gasteiger partial charge on any atom is -0.364 e. The van der Waals surface area contributed by atoms with E-state index in [9.17, 15) is 14.4 Å². The van der Waals surface area contributed by atoms with Crippen molar-refractivity contribution in [1.82, 2.24) is 5.32 Å². The van der Waals surface area contributed by atoms with Crippen molar-refractivity contribution in [3.8, 4) is 0 Å². The van der Waals surface area contributed by atoms with Gasteiger partial charge in [-0.25, -0.2) is 0 Å². The van der Waals surface area contributed by atoms with Gasteiger partial charge < -0.3 is 15.1 Å². The van der Waals surface area contributed by atoms with Crippen LogP contribution in [-0.4, -0.2) is 43.3 Å². The van der Waals surface area contributed by atoms with Gasteiger partial charge in [0.05, 0.1) is 17.9 Å². The fourth-order valence-electron chi connectivity index (χ4n) is 4.10. The fourth-order valence-corrected chi connectivity index (χ4v) is 4.10. The third-order valence-corrected chi connectivity index (χ3v) is 5.85. The van der Waals surface area contributed by atoms with Gasteiger partial charge in [0.2, 0.25) is 6.41 Å². The summed E-state index contributed by atoms with van der Waals surface area (Å²) in [6, 6.07) is 7.47. The van der Waals surface area contributed by atoms with Gasteiger partial charge >= 0.3 is 0 Å². The van der Waals surface area contributed by atoms with Crippen molar-refractivity contribution in [2.75, 3.05) is 22.9 Å². The highest BCUT2D eigenvalue weighted by Gasteiger charge is 2.38. The first-order valence-electron chi connectivity index (χ1n) is 10.2. The molecule has 2 amide bonds. The number of para-hydroxylation sites is 2. The van der Waals surface area contributed by atoms with Crippen molar-refractivity contribution in [3.05, 3.63) is 24.3 Å². The predicted molar refractivity (Wildman–Crippen MR) is 110 cm³/mol. The Kier molecular flexibility index (Phi) is 6.06. The predicted octanol–water partition coefficient (Wildman–Crippen LogP) is 2.90. The summed E-state index contributed by atoms with van der Waals surface area (Å²) in [6.45, 7) is 6.02. The van der Waals surface area contributed by atoms with E-state index in [0.717, 1.165) is 24.2 Å². The first-order valence-corrected chi connectivity index (χ1v) is 10.2. The maximum Gasteiger partial charge on any atom is 0.251 e. The molecule has 6 heteroatoms. The van der Waals surface area contributed by atoms with Crippen LogP contribution in [0, 0.1) is 5.41 Å². The highest BCUT2D eigenvalue weighted by molar-refractivity contribution is 6.06. The van der Waals surface area contributed by atoms with Crippen molar-refractivity contribution in [2.45, 2.75) is 65.0 Å². The molecular weight excluding hydrogens is 354 g/mol. The molecule has 6 nitrogen and oxygen atoms in total. The number of ketones is 1. The van der Waals surface area contributed by atoms with E-state index in [-0.39, 0.29) is 18.2 Å². The van der Waals surface area contributed by atoms with Gasteiger partial charge in [0.1, 0.15) is 6.04 Å². The second kappa shape index (κ2) is 8.33. The Hall–Kier alpha value is -2.37. The SMILES string of the molecule is CC(C)(C)C(=O)CN1C(=O)[C@H](NC=O)CN(C2CCCCC2)c2ccccc21. The Morgan fingerprint density at radius 1 is 1.14 bits per heavy atom. The van der Waals surface area contributed by atoms with Gasteiger partial charge in [0, 0.05) is 18.0 Å². The monoisotopic (exact) mass is 385 g/mol. The molecule has 28 heavy (non-hydrogen) atoms. The summed E-state index contributed by atoms with van der Waals surface area (Å²) in [5, 5.41) is 2.70. The topological polar surface area (TPSA) is 69.7 Å². The summed E-state index contributed by atoms with van der Waals surface area (Å²) in [5.74, 6) is -0.234. The maximum atomic E-state index is 13.3. The summed E-state index contributed by atoms with van der Waals surface area (Å²) < 4.78 is 0. The normalized spacial score (nSPS) is 21.1. The van der Waals surface area contributed by atoms with Crippen molar-refractivity contribution in [2.24, 2.45) is 5.41 Å². The number of nitrogens with zero attached hydrogens (tertiary/aromatic N) is 2. The van der Waals surface area contributed by atoms with Crippen LogP contribution in [0.25, 0.3) is 0 Å². The third kappa shape index (κ3) is 4.21. The zero-order chi connectivity index (χ0) is 20.3. The minimum absolute atomic E-state index is 0.00776. The molecule has 1 fully saturated rings. The number of fused-ring (bicyclic) bond motifs is 1. The number of anilines is 2. The van der Waals surface area contributed by atoms with Crippen LogP contribution in [0.2, 0.25) is 0 Å². The number of amides is 2. The number of rotatable bonds is 5. The molecule has 2 aliphatic rings. The Morgan fingerprint density at radius 2 is 1.79 bits per heavy atom. The Balaban J connectivity index is 2.03. The van der Waals surface area contributed by atoms with Gasteiger partial charge in [-0.2, -0.15) is 0 Å². The van der Waals surface area contributed by atoms with E-state index in [1.165, 1.54) is 19.3 Å². The lowest BCUT2D eigenvalue weighted by Crippen LogP contribution is -2.53. The van der Waals surface area contributed by atoms with Crippen molar-refractivity contribution in [1.29, 1.82) is 0 Å². The van der Waals surface area contributed by atoms with Crippen LogP contribution < -0.4 is 15.1 Å². The lowest BCUT2D eigenvalue weighted by molar-refractivity contribution is -0.128. The van der Waals surface area contributed by atoms with E-state index >= 15 is 0 Å². The van der Waals surface area contributed by atoms with Crippen molar-refractivity contribution >= 4 is 29.5 Å². The second-order valence-electron chi connectivity index (χ2n) is 8.87. The number of hydrogen-bond acceptors (Lipinski definition) is 4. The van der Waals surface area contributed by atoms with E-state index in [1.54, 1.807) is 4.90 Å². The standard InChI is InChI=1S/C22H31N3O3/c1-22(2,3)20(27)14-25-19-12-8-7-11-18(19)24(16-9-5-4-6-10-16)13-17(21(25)28)23-15-26/h7-8,11-12,15-17H,4-6,9-10,13-14H2,1-3H3,(H,23,26)/t17-/m1/s1. The Bertz CT molecular complexity index is 735. The number of hydrogen-bond donors (Lipinski definition) is 1. The molecule has 0 spiro atoms. The molecule has 1 saturated carbocycles. The van der Waals surface area contributed by atoms with Crippen LogP contribution in [0.3, 0.4) is 0 Å². The molecule has 0 radical (unpaired) electrons. The number of carbonyl (C=O) groups is 3. The lowest BCUT2D eigenvalue weighted by atomic mass is 9.90. The van der Waals surface area contributed by atoms with Crippen LogP contribution in [0.4, 0.5) is 11.4 Å². The number of nitrogens with one attached hydrogen (secondary N) is 1. The summed E-state index contributed by atoms with van der Waals surface area (Å²) in [7, 11) is 0. The molecule has 1 atom stereocenters. The number of benzene rings is 1. The Labute approximate surface area is 167 Å². The number of Topliss-reactive ketones (excluding diaryl/α,β-unsaturated/α-hetero) is 1. The molecule has 1 aliphatic carbocycles. The van der Waals surface area contributed by atoms with E-state index < -0.39 is 11.5 Å². The van der Waals surface area contributed by atoms with Crippen molar-refractivity contribution < 1.29 is 14.4 Å². The van der Waals surface area contributed by atoms with E-state index in [2.05, 4.69) is 10.2 Å². The summed E-state index contributed by atoms with van der Waals surface area (Å²) >= 11 is 0. The molecule has 1 aromatic carbocycles. The lowest BCUT2D eigenvalue weighted by Gasteiger charge is -2.37. The van der Waals surface area contributed by atoms with Gasteiger partial charge in [-0.3, -0.25) is 14.4 Å². The molecule has 0 aromatic heterocycles. The van der Waals surface area contributed by atoms with Crippen LogP contribution in [0.1, 0.15) is 52.9 Å². The fraction of sp³-hybridized carbons (Fsp3) is 0.591. The van der Waals surface area contributed by atoms with Crippen LogP contribution in [0.5, 0.6) is 0 Å². The molecule has 1 aromatic rings. The molecule has 152 valence electrons. The second-order valence-corrected chi connectivity index (χ2v) is 8.87. The van der Waals surface area contributed by atoms with Gasteiger partial charge in [-0.15, -0.1) is 0 Å². The quantitative estimate of drug-likeness (QED) is 0.792. The zero-order valence-corrected chi connectivity index (χ0v) is 17.1. The minimum atomic E-state index is -0.667. The van der Waals surface area contributed by atoms with Gasteiger partial charge in [0.15, 0.2) is 5.78 Å². The van der Waals surface area contributed by atoms with Crippen LogP contribution >= 0.6 is 0 Å². The van der Waals surface area contributed by atoms with E-state index in [0.29, 0.717) is 19.0 Å². The summed E-state index contributed by atoms with van der Waals surface area (Å²) in [5.41, 5.74) is 1.18. The average molecular weight is 386 g/mol. The van der Waals surface area contributed by atoms with Crippen molar-refractivity contribution in [3.63, 3.8) is 0 Å². The van der Waals surface area contributed by atoms with Crippen LogP contribution in [0.15, 0.2) is 24.3 Å². The third-order valence-electron chi connectivity index (χ3n) is 5.85. The highest BCUT2D eigenvalue weighted by atomic mass is 16.2. The molecule has 0 bridgehead atoms. The van der Waals surface area contributed by atoms with E-state index in [1.807, 2.05) is 45.0 Å². The molecule has 0 saturated heterocycles. The summed E-state index contributed by atoms with van der Waals surface area (Å²) in [4.78, 5) is 41.1. The Morgan fingerprint density at radius 3 is 2.39 bits per heavy atom. The van der Waals surface area contributed by atoms with E-state index in [4.69, 9.17) is 0 Å². The summed E-state index contributed by atoms with van der Waals surface area (Å²) in [6.07, 6.45) is 6.34. The number of carbonyl (C=O) groups excluding carboxylic acids is 3. The first kappa shape index (κ1) is 20.4. The molecule has 1 aliphatic heterocycles. The average Bonchev–Trinajstić information content (AvgIpc) is 2.79. The molecular formula is C22H31N3O3. The molecule has 1 heterocycles. The molecule has 1 N–H and O–H groups in total. The highest BCUT2D eigenvalue weighted by Crippen LogP contribution is 2.37. The molecule has 0 unspecified atom stereocenters. The van der Waals surface area contributed by atoms with Gasteiger partial charge in [-0.05, 0) is 25.0 Å². The zero-order valence-electron chi connectivity index (χ0n) is 17.1. The smallest absolute Gasteiger partial charge is 0.251 e.